The number of carbonyl (C=O) groups is 1. The molecule has 0 aliphatic carbocycles. The van der Waals surface area contributed by atoms with E-state index in [9.17, 15) is 9.90 Å². The quantitative estimate of drug-likeness (QED) is 0.575. The highest BCUT2D eigenvalue weighted by atomic mass is 16.4. The van der Waals surface area contributed by atoms with Gasteiger partial charge in [0.1, 0.15) is 0 Å². The molecule has 3 heteroatoms. The van der Waals surface area contributed by atoms with Crippen LogP contribution in [0.3, 0.4) is 0 Å². The highest BCUT2D eigenvalue weighted by Crippen LogP contribution is 2.20. The van der Waals surface area contributed by atoms with E-state index < -0.39 is 11.9 Å². The molecule has 0 bridgehead atoms. The molecule has 3 nitrogen and oxygen atoms in total. The third-order valence-corrected chi connectivity index (χ3v) is 4.65. The van der Waals surface area contributed by atoms with Gasteiger partial charge in [-0.2, -0.15) is 0 Å². The van der Waals surface area contributed by atoms with Gasteiger partial charge in [0.25, 0.3) is 0 Å². The Balaban J connectivity index is 2.27. The SMILES string of the molecule is CC(C)C[C@@H](/C=C/[C@@H](C)C(=O)O)N(Cc1ccccc1)Cc1ccccc1. The van der Waals surface area contributed by atoms with Gasteiger partial charge in [0, 0.05) is 19.1 Å². The Hall–Kier alpha value is -2.39. The third-order valence-electron chi connectivity index (χ3n) is 4.65. The topological polar surface area (TPSA) is 40.5 Å². The zero-order chi connectivity index (χ0) is 19.6. The van der Waals surface area contributed by atoms with Crippen LogP contribution in [0.15, 0.2) is 72.8 Å². The number of nitrogens with zero attached hydrogens (tertiary/aromatic N) is 1. The Labute approximate surface area is 163 Å². The predicted molar refractivity (Wildman–Crippen MR) is 111 cm³/mol. The molecule has 0 unspecified atom stereocenters. The lowest BCUT2D eigenvalue weighted by Crippen LogP contribution is -2.34. The summed E-state index contributed by atoms with van der Waals surface area (Å²) in [5.74, 6) is -0.740. The van der Waals surface area contributed by atoms with Crippen LogP contribution >= 0.6 is 0 Å². The van der Waals surface area contributed by atoms with Crippen LogP contribution < -0.4 is 0 Å². The van der Waals surface area contributed by atoms with Gasteiger partial charge in [-0.05, 0) is 30.4 Å². The van der Waals surface area contributed by atoms with Gasteiger partial charge in [-0.15, -0.1) is 0 Å². The molecule has 0 saturated carbocycles. The van der Waals surface area contributed by atoms with E-state index >= 15 is 0 Å². The summed E-state index contributed by atoms with van der Waals surface area (Å²) in [6, 6.07) is 21.1. The van der Waals surface area contributed by atoms with E-state index in [0.29, 0.717) is 5.92 Å². The molecule has 1 N–H and O–H groups in total. The molecule has 0 saturated heterocycles. The van der Waals surface area contributed by atoms with Crippen LogP contribution in [0, 0.1) is 11.8 Å². The maximum atomic E-state index is 11.2. The summed E-state index contributed by atoms with van der Waals surface area (Å²) in [6.07, 6.45) is 4.91. The molecule has 2 rings (SSSR count). The first-order valence-corrected chi connectivity index (χ1v) is 9.68. The van der Waals surface area contributed by atoms with Gasteiger partial charge < -0.3 is 5.11 Å². The molecular weight excluding hydrogens is 334 g/mol. The summed E-state index contributed by atoms with van der Waals surface area (Å²) in [4.78, 5) is 13.7. The number of carboxylic acids is 1. The van der Waals surface area contributed by atoms with E-state index in [1.54, 1.807) is 6.92 Å². The Morgan fingerprint density at radius 1 is 0.889 bits per heavy atom. The van der Waals surface area contributed by atoms with Crippen molar-refractivity contribution < 1.29 is 9.90 Å². The van der Waals surface area contributed by atoms with Crippen molar-refractivity contribution in [2.75, 3.05) is 0 Å². The van der Waals surface area contributed by atoms with Gasteiger partial charge in [-0.3, -0.25) is 9.69 Å². The van der Waals surface area contributed by atoms with Crippen LogP contribution in [0.25, 0.3) is 0 Å². The maximum Gasteiger partial charge on any atom is 0.310 e. The molecule has 0 aromatic heterocycles. The van der Waals surface area contributed by atoms with Crippen molar-refractivity contribution in [3.05, 3.63) is 83.9 Å². The van der Waals surface area contributed by atoms with Crippen molar-refractivity contribution in [2.45, 2.75) is 46.3 Å². The van der Waals surface area contributed by atoms with Crippen molar-refractivity contribution in [2.24, 2.45) is 11.8 Å². The molecule has 0 amide bonds. The first-order valence-electron chi connectivity index (χ1n) is 9.68. The third kappa shape index (κ3) is 7.40. The van der Waals surface area contributed by atoms with E-state index in [4.69, 9.17) is 0 Å². The largest absolute Gasteiger partial charge is 0.481 e. The Morgan fingerprint density at radius 2 is 1.37 bits per heavy atom. The van der Waals surface area contributed by atoms with Gasteiger partial charge in [0.05, 0.1) is 5.92 Å². The maximum absolute atomic E-state index is 11.2. The lowest BCUT2D eigenvalue weighted by Gasteiger charge is -2.31. The molecule has 0 aliphatic heterocycles. The van der Waals surface area contributed by atoms with Crippen LogP contribution in [0.5, 0.6) is 0 Å². The summed E-state index contributed by atoms with van der Waals surface area (Å²) >= 11 is 0. The minimum atomic E-state index is -0.785. The highest BCUT2D eigenvalue weighted by molar-refractivity contribution is 5.71. The van der Waals surface area contributed by atoms with Crippen LogP contribution in [0.1, 0.15) is 38.3 Å². The number of hydrogen-bond acceptors (Lipinski definition) is 2. The van der Waals surface area contributed by atoms with Gasteiger partial charge in [0.15, 0.2) is 0 Å². The molecule has 0 radical (unpaired) electrons. The number of carboxylic acid groups (broad SMARTS) is 1. The van der Waals surface area contributed by atoms with Crippen LogP contribution in [0.2, 0.25) is 0 Å². The second-order valence-corrected chi connectivity index (χ2v) is 7.58. The van der Waals surface area contributed by atoms with Gasteiger partial charge >= 0.3 is 5.97 Å². The van der Waals surface area contributed by atoms with Gasteiger partial charge in [-0.25, -0.2) is 0 Å². The Kier molecular flexibility index (Phi) is 8.28. The summed E-state index contributed by atoms with van der Waals surface area (Å²) in [5.41, 5.74) is 2.53. The summed E-state index contributed by atoms with van der Waals surface area (Å²) < 4.78 is 0. The standard InChI is InChI=1S/C24H31NO2/c1-19(2)16-23(15-14-20(3)24(26)27)25(17-21-10-6-4-7-11-21)18-22-12-8-5-9-13-22/h4-15,19-20,23H,16-18H2,1-3H3,(H,26,27)/b15-14+/t20-,23-/m1/s1. The molecule has 0 heterocycles. The summed E-state index contributed by atoms with van der Waals surface area (Å²) in [7, 11) is 0. The number of aliphatic carboxylic acids is 1. The molecule has 0 fully saturated rings. The first-order chi connectivity index (χ1) is 13.0. The minimum Gasteiger partial charge on any atom is -0.481 e. The summed E-state index contributed by atoms with van der Waals surface area (Å²) in [6.45, 7) is 7.82. The Morgan fingerprint density at radius 3 is 1.78 bits per heavy atom. The molecule has 27 heavy (non-hydrogen) atoms. The molecule has 144 valence electrons. The van der Waals surface area contributed by atoms with Crippen molar-refractivity contribution in [1.82, 2.24) is 4.90 Å². The van der Waals surface area contributed by atoms with Crippen LogP contribution in [-0.2, 0) is 17.9 Å². The number of benzene rings is 2. The van der Waals surface area contributed by atoms with Crippen molar-refractivity contribution >= 4 is 5.97 Å². The molecule has 2 aromatic carbocycles. The highest BCUT2D eigenvalue weighted by Gasteiger charge is 2.19. The van der Waals surface area contributed by atoms with Crippen LogP contribution in [-0.4, -0.2) is 22.0 Å². The monoisotopic (exact) mass is 365 g/mol. The molecule has 0 spiro atoms. The fraction of sp³-hybridized carbons (Fsp3) is 0.375. The number of rotatable bonds is 10. The average molecular weight is 366 g/mol. The van der Waals surface area contributed by atoms with Crippen molar-refractivity contribution in [1.29, 1.82) is 0 Å². The second kappa shape index (κ2) is 10.7. The molecule has 2 atom stereocenters. The van der Waals surface area contributed by atoms with E-state index in [0.717, 1.165) is 19.5 Å². The molecule has 2 aromatic rings. The second-order valence-electron chi connectivity index (χ2n) is 7.58. The fourth-order valence-electron chi connectivity index (χ4n) is 3.14. The zero-order valence-corrected chi connectivity index (χ0v) is 16.6. The lowest BCUT2D eigenvalue weighted by atomic mass is 9.99. The Bertz CT molecular complexity index is 668. The van der Waals surface area contributed by atoms with Gasteiger partial charge in [-0.1, -0.05) is 86.7 Å². The average Bonchev–Trinajstić information content (AvgIpc) is 2.65. The van der Waals surface area contributed by atoms with E-state index in [2.05, 4.69) is 73.4 Å². The molecular formula is C24H31NO2. The van der Waals surface area contributed by atoms with E-state index in [1.165, 1.54) is 11.1 Å². The van der Waals surface area contributed by atoms with Crippen molar-refractivity contribution in [3.63, 3.8) is 0 Å². The predicted octanol–water partition coefficient (Wildman–Crippen LogP) is 5.38. The smallest absolute Gasteiger partial charge is 0.310 e. The van der Waals surface area contributed by atoms with Crippen molar-refractivity contribution in [3.8, 4) is 0 Å². The number of hydrogen-bond donors (Lipinski definition) is 1. The lowest BCUT2D eigenvalue weighted by molar-refractivity contribution is -0.139. The van der Waals surface area contributed by atoms with E-state index in [1.807, 2.05) is 18.2 Å². The minimum absolute atomic E-state index is 0.187. The van der Waals surface area contributed by atoms with Gasteiger partial charge in [0.2, 0.25) is 0 Å². The normalized spacial score (nSPS) is 14.0. The first kappa shape index (κ1) is 20.9. The van der Waals surface area contributed by atoms with E-state index in [-0.39, 0.29) is 6.04 Å². The van der Waals surface area contributed by atoms with Crippen LogP contribution in [0.4, 0.5) is 0 Å². The summed E-state index contributed by atoms with van der Waals surface area (Å²) in [5, 5.41) is 9.22. The molecule has 0 aliphatic rings. The fourth-order valence-corrected chi connectivity index (χ4v) is 3.14. The zero-order valence-electron chi connectivity index (χ0n) is 16.6.